The molecule has 0 heterocycles. The quantitative estimate of drug-likeness (QED) is 0.133. The van der Waals surface area contributed by atoms with E-state index in [1.165, 1.54) is 36.4 Å². The van der Waals surface area contributed by atoms with Crippen LogP contribution in [0.25, 0.3) is 0 Å². The number of carbonyl (C=O) groups is 5. The van der Waals surface area contributed by atoms with Gasteiger partial charge in [0.15, 0.2) is 0 Å². The van der Waals surface area contributed by atoms with Gasteiger partial charge in [0, 0.05) is 19.3 Å². The zero-order valence-electron chi connectivity index (χ0n) is 23.6. The number of nitrogens with two attached hydrogens (primary N) is 2. The van der Waals surface area contributed by atoms with Crippen LogP contribution < -0.4 is 27.4 Å². The Morgan fingerprint density at radius 2 is 1.14 bits per heavy atom. The third-order valence-corrected chi connectivity index (χ3v) is 6.38. The van der Waals surface area contributed by atoms with Gasteiger partial charge in [0.1, 0.15) is 29.6 Å². The Hall–Kier alpha value is -4.65. The monoisotopic (exact) mass is 585 g/mol. The third-order valence-electron chi connectivity index (χ3n) is 6.38. The molecule has 4 atom stereocenters. The Bertz CT molecular complexity index is 1230. The lowest BCUT2D eigenvalue weighted by molar-refractivity contribution is -0.142. The second-order valence-corrected chi connectivity index (χ2v) is 10.5. The lowest BCUT2D eigenvalue weighted by atomic mass is 9.99. The molecule has 0 aliphatic rings. The van der Waals surface area contributed by atoms with Crippen molar-refractivity contribution in [2.45, 2.75) is 70.1 Å². The van der Waals surface area contributed by atoms with Gasteiger partial charge in [-0.25, -0.2) is 4.79 Å². The average Bonchev–Trinajstić information content (AvgIpc) is 2.92. The fraction of sp³-hybridized carbons (Fsp3) is 0.414. The van der Waals surface area contributed by atoms with E-state index in [0.717, 1.165) is 0 Å². The van der Waals surface area contributed by atoms with Crippen LogP contribution in [0.3, 0.4) is 0 Å². The summed E-state index contributed by atoms with van der Waals surface area (Å²) in [6, 6.07) is 7.06. The van der Waals surface area contributed by atoms with E-state index < -0.39 is 53.8 Å². The smallest absolute Gasteiger partial charge is 0.326 e. The van der Waals surface area contributed by atoms with Crippen LogP contribution in [0.2, 0.25) is 0 Å². The predicted octanol–water partition coefficient (Wildman–Crippen LogP) is 0.0609. The van der Waals surface area contributed by atoms with Gasteiger partial charge >= 0.3 is 5.97 Å². The number of carbonyl (C=O) groups excluding carboxylic acids is 4. The summed E-state index contributed by atoms with van der Waals surface area (Å²) in [6.07, 6.45) is -0.0812. The molecule has 2 aromatic carbocycles. The molecule has 4 amide bonds. The second kappa shape index (κ2) is 16.0. The Kier molecular flexibility index (Phi) is 12.8. The van der Waals surface area contributed by atoms with Gasteiger partial charge in [0.25, 0.3) is 0 Å². The molecule has 2 aromatic rings. The molecule has 0 saturated carbocycles. The first-order valence-corrected chi connectivity index (χ1v) is 13.5. The largest absolute Gasteiger partial charge is 0.508 e. The van der Waals surface area contributed by atoms with Crippen molar-refractivity contribution >= 4 is 29.6 Å². The molecule has 2 rings (SSSR count). The fourth-order valence-electron chi connectivity index (χ4n) is 4.10. The van der Waals surface area contributed by atoms with E-state index in [2.05, 4.69) is 16.0 Å². The minimum Gasteiger partial charge on any atom is -0.508 e. The summed E-state index contributed by atoms with van der Waals surface area (Å²) in [5.74, 6) is -4.13. The second-order valence-electron chi connectivity index (χ2n) is 10.5. The van der Waals surface area contributed by atoms with Crippen molar-refractivity contribution in [3.63, 3.8) is 0 Å². The lowest BCUT2D eigenvalue weighted by Gasteiger charge is -2.26. The first-order chi connectivity index (χ1) is 19.7. The molecule has 10 N–H and O–H groups in total. The van der Waals surface area contributed by atoms with Gasteiger partial charge in [0.05, 0.1) is 6.04 Å². The van der Waals surface area contributed by atoms with Crippen molar-refractivity contribution in [1.29, 1.82) is 0 Å². The number of carboxylic acid groups (broad SMARTS) is 1. The molecule has 228 valence electrons. The number of carboxylic acids is 1. The molecule has 0 aromatic heterocycles. The van der Waals surface area contributed by atoms with Crippen LogP contribution in [0.4, 0.5) is 0 Å². The van der Waals surface area contributed by atoms with Crippen molar-refractivity contribution < 1.29 is 39.3 Å². The van der Waals surface area contributed by atoms with Gasteiger partial charge in [-0.05, 0) is 54.2 Å². The molecule has 42 heavy (non-hydrogen) atoms. The number of rotatable bonds is 16. The highest BCUT2D eigenvalue weighted by atomic mass is 16.4. The van der Waals surface area contributed by atoms with Crippen molar-refractivity contribution in [3.05, 3.63) is 59.7 Å². The number of phenolic OH excluding ortho intramolecular Hbond substituents is 2. The molecule has 0 aliphatic carbocycles. The van der Waals surface area contributed by atoms with Crippen LogP contribution in [-0.2, 0) is 36.8 Å². The molecule has 4 unspecified atom stereocenters. The molecule has 0 bridgehead atoms. The van der Waals surface area contributed by atoms with Crippen molar-refractivity contribution in [3.8, 4) is 11.5 Å². The molecule has 0 spiro atoms. The number of aromatic hydroxyl groups is 2. The molecule has 0 radical (unpaired) electrons. The number of hydrogen-bond acceptors (Lipinski definition) is 8. The van der Waals surface area contributed by atoms with E-state index in [9.17, 15) is 39.3 Å². The maximum Gasteiger partial charge on any atom is 0.326 e. The Labute approximate surface area is 243 Å². The summed E-state index contributed by atoms with van der Waals surface area (Å²) >= 11 is 0. The topological polar surface area (TPSA) is 234 Å². The average molecular weight is 586 g/mol. The van der Waals surface area contributed by atoms with Crippen molar-refractivity contribution in [2.24, 2.45) is 17.4 Å². The predicted molar refractivity (Wildman–Crippen MR) is 153 cm³/mol. The number of hydrogen-bond donors (Lipinski definition) is 8. The third kappa shape index (κ3) is 11.5. The molecule has 13 heteroatoms. The van der Waals surface area contributed by atoms with Gasteiger partial charge in [-0.1, -0.05) is 38.1 Å². The van der Waals surface area contributed by atoms with Crippen LogP contribution in [0.1, 0.15) is 44.2 Å². The van der Waals surface area contributed by atoms with E-state index in [4.69, 9.17) is 11.5 Å². The lowest BCUT2D eigenvalue weighted by Crippen LogP contribution is -2.58. The van der Waals surface area contributed by atoms with Gasteiger partial charge in [-0.3, -0.25) is 19.2 Å². The van der Waals surface area contributed by atoms with Crippen LogP contribution in [0, 0.1) is 5.92 Å². The van der Waals surface area contributed by atoms with E-state index in [1.807, 2.05) is 13.8 Å². The first-order valence-electron chi connectivity index (χ1n) is 13.5. The minimum atomic E-state index is -1.32. The zero-order valence-corrected chi connectivity index (χ0v) is 23.6. The molecule has 0 saturated heterocycles. The normalized spacial score (nSPS) is 13.8. The number of nitrogens with one attached hydrogen (secondary N) is 3. The fourth-order valence-corrected chi connectivity index (χ4v) is 4.10. The van der Waals surface area contributed by atoms with E-state index in [-0.39, 0.29) is 49.5 Å². The summed E-state index contributed by atoms with van der Waals surface area (Å²) in [7, 11) is 0. The summed E-state index contributed by atoms with van der Waals surface area (Å²) in [4.78, 5) is 62.5. The molecule has 13 nitrogen and oxygen atoms in total. The van der Waals surface area contributed by atoms with Gasteiger partial charge < -0.3 is 42.7 Å². The molecule has 0 fully saturated rings. The van der Waals surface area contributed by atoms with Crippen LogP contribution >= 0.6 is 0 Å². The highest BCUT2D eigenvalue weighted by Crippen LogP contribution is 2.14. The van der Waals surface area contributed by atoms with E-state index in [0.29, 0.717) is 11.1 Å². The molecular formula is C29H39N5O8. The molecular weight excluding hydrogens is 546 g/mol. The van der Waals surface area contributed by atoms with Crippen molar-refractivity contribution in [1.82, 2.24) is 16.0 Å². The Morgan fingerprint density at radius 3 is 1.60 bits per heavy atom. The maximum atomic E-state index is 13.5. The zero-order chi connectivity index (χ0) is 31.4. The number of benzene rings is 2. The molecule has 0 aliphatic heterocycles. The highest BCUT2D eigenvalue weighted by molar-refractivity contribution is 5.94. The number of phenols is 2. The van der Waals surface area contributed by atoms with Crippen LogP contribution in [0.15, 0.2) is 48.5 Å². The maximum absolute atomic E-state index is 13.5. The number of aliphatic carboxylic acids is 1. The Balaban J connectivity index is 2.23. The van der Waals surface area contributed by atoms with Gasteiger partial charge in [-0.2, -0.15) is 0 Å². The summed E-state index contributed by atoms with van der Waals surface area (Å²) in [5, 5.41) is 36.5. The summed E-state index contributed by atoms with van der Waals surface area (Å²) in [6.45, 7) is 3.65. The van der Waals surface area contributed by atoms with Crippen LogP contribution in [0.5, 0.6) is 11.5 Å². The summed E-state index contributed by atoms with van der Waals surface area (Å²) in [5.41, 5.74) is 12.2. The Morgan fingerprint density at radius 1 is 0.714 bits per heavy atom. The number of primary amides is 1. The van der Waals surface area contributed by atoms with E-state index in [1.54, 1.807) is 12.1 Å². The highest BCUT2D eigenvalue weighted by Gasteiger charge is 2.31. The number of amides is 4. The first kappa shape index (κ1) is 33.6. The summed E-state index contributed by atoms with van der Waals surface area (Å²) < 4.78 is 0. The minimum absolute atomic E-state index is 0.00576. The van der Waals surface area contributed by atoms with Crippen molar-refractivity contribution in [2.75, 3.05) is 0 Å². The van der Waals surface area contributed by atoms with Gasteiger partial charge in [-0.15, -0.1) is 0 Å². The van der Waals surface area contributed by atoms with Gasteiger partial charge in [0.2, 0.25) is 23.6 Å². The van der Waals surface area contributed by atoms with E-state index >= 15 is 0 Å². The SMILES string of the molecule is CC(C)CC(NC(=O)C(Cc1ccc(O)cc1)NC(=O)C(N)CCC(N)=O)C(=O)NC(Cc1ccc(O)cc1)C(=O)O. The van der Waals surface area contributed by atoms with Crippen LogP contribution in [-0.4, -0.2) is 69.1 Å². The standard InChI is InChI=1S/C29H39N5O8/c1-16(2)13-22(27(39)34-24(29(41)42)15-18-5-9-20(36)10-6-18)33-28(40)23(14-17-3-7-19(35)8-4-17)32-26(38)21(30)11-12-25(31)37/h3-10,16,21-24,35-36H,11-15,30H2,1-2H3,(H2,31,37)(H,32,38)(H,33,40)(H,34,39)(H,41,42).